The Balaban J connectivity index is 3.12. The van der Waals surface area contributed by atoms with Crippen LogP contribution in [0.15, 0.2) is 22.7 Å². The summed E-state index contributed by atoms with van der Waals surface area (Å²) < 4.78 is 40.2. The second-order valence-corrected chi connectivity index (χ2v) is 4.89. The van der Waals surface area contributed by atoms with E-state index in [1.165, 1.54) is 25.1 Å². The molecule has 1 unspecified atom stereocenters. The first-order valence-corrected chi connectivity index (χ1v) is 6.12. The lowest BCUT2D eigenvalue weighted by molar-refractivity contribution is -0.274. The van der Waals surface area contributed by atoms with Crippen molar-refractivity contribution < 1.29 is 22.7 Å². The van der Waals surface area contributed by atoms with Gasteiger partial charge >= 0.3 is 6.36 Å². The molecule has 17 heavy (non-hydrogen) atoms. The maximum Gasteiger partial charge on any atom is 0.573 e. The van der Waals surface area contributed by atoms with Crippen LogP contribution in [0, 0.1) is 0 Å². The molecule has 1 aromatic rings. The molecule has 0 aromatic heterocycles. The molecule has 0 aliphatic heterocycles. The van der Waals surface area contributed by atoms with E-state index in [1.807, 2.05) is 0 Å². The molecule has 1 atom stereocenters. The van der Waals surface area contributed by atoms with E-state index in [0.717, 1.165) is 0 Å². The molecule has 2 nitrogen and oxygen atoms in total. The Morgan fingerprint density at radius 3 is 2.47 bits per heavy atom. The molecule has 0 fully saturated rings. The lowest BCUT2D eigenvalue weighted by Crippen LogP contribution is -2.17. The predicted molar refractivity (Wildman–Crippen MR) is 63.2 cm³/mol. The molecule has 1 rings (SSSR count). The molecule has 0 bridgehead atoms. The Morgan fingerprint density at radius 1 is 1.41 bits per heavy atom. The van der Waals surface area contributed by atoms with Crippen molar-refractivity contribution in [3.05, 3.63) is 28.2 Å². The number of halogens is 5. The van der Waals surface area contributed by atoms with Crippen molar-refractivity contribution in [1.29, 1.82) is 0 Å². The quantitative estimate of drug-likeness (QED) is 0.733. The molecule has 0 saturated heterocycles. The van der Waals surface area contributed by atoms with Crippen molar-refractivity contribution in [1.82, 2.24) is 0 Å². The summed E-state index contributed by atoms with van der Waals surface area (Å²) in [5.41, 5.74) is 0.388. The van der Waals surface area contributed by atoms with Gasteiger partial charge in [-0.2, -0.15) is 0 Å². The van der Waals surface area contributed by atoms with Gasteiger partial charge in [-0.05, 0) is 34.5 Å². The monoisotopic (exact) mass is 374 g/mol. The van der Waals surface area contributed by atoms with E-state index in [-0.39, 0.29) is 16.0 Å². The fourth-order valence-corrected chi connectivity index (χ4v) is 2.41. The molecule has 0 aliphatic rings. The van der Waals surface area contributed by atoms with Gasteiger partial charge in [0.15, 0.2) is 0 Å². The SMILES string of the molecule is CC(=O)C(Br)c1cccc(OC(F)(F)F)c1Br. The first-order valence-electron chi connectivity index (χ1n) is 4.41. The molecule has 94 valence electrons. The van der Waals surface area contributed by atoms with Gasteiger partial charge < -0.3 is 4.74 Å². The van der Waals surface area contributed by atoms with Crippen LogP contribution in [0.1, 0.15) is 17.3 Å². The third kappa shape index (κ3) is 3.99. The van der Waals surface area contributed by atoms with Crippen LogP contribution in [0.5, 0.6) is 5.75 Å². The largest absolute Gasteiger partial charge is 0.573 e. The van der Waals surface area contributed by atoms with E-state index in [0.29, 0.717) is 5.56 Å². The molecule has 0 amide bonds. The molecule has 0 saturated carbocycles. The van der Waals surface area contributed by atoms with Gasteiger partial charge in [0.1, 0.15) is 11.5 Å². The lowest BCUT2D eigenvalue weighted by atomic mass is 10.1. The van der Waals surface area contributed by atoms with E-state index < -0.39 is 11.2 Å². The number of alkyl halides is 4. The fraction of sp³-hybridized carbons (Fsp3) is 0.300. The zero-order chi connectivity index (χ0) is 13.2. The van der Waals surface area contributed by atoms with E-state index in [4.69, 9.17) is 0 Å². The highest BCUT2D eigenvalue weighted by Crippen LogP contribution is 2.38. The van der Waals surface area contributed by atoms with Crippen LogP contribution < -0.4 is 4.74 Å². The van der Waals surface area contributed by atoms with E-state index in [9.17, 15) is 18.0 Å². The molecular weight excluding hydrogens is 369 g/mol. The molecule has 0 heterocycles. The van der Waals surface area contributed by atoms with Crippen molar-refractivity contribution in [2.45, 2.75) is 18.1 Å². The average Bonchev–Trinajstić information content (AvgIpc) is 2.18. The summed E-state index contributed by atoms with van der Waals surface area (Å²) in [4.78, 5) is 10.5. The Bertz CT molecular complexity index is 432. The number of hydrogen-bond acceptors (Lipinski definition) is 2. The minimum absolute atomic E-state index is 0.106. The highest BCUT2D eigenvalue weighted by atomic mass is 79.9. The van der Waals surface area contributed by atoms with Crippen molar-refractivity contribution in [3.8, 4) is 5.75 Å². The number of ether oxygens (including phenoxy) is 1. The van der Waals surface area contributed by atoms with Gasteiger partial charge in [-0.25, -0.2) is 0 Å². The van der Waals surface area contributed by atoms with Crippen molar-refractivity contribution >= 4 is 37.6 Å². The van der Waals surface area contributed by atoms with Crippen LogP contribution in [0.3, 0.4) is 0 Å². The van der Waals surface area contributed by atoms with Gasteiger partial charge in [0, 0.05) is 0 Å². The number of benzene rings is 1. The van der Waals surface area contributed by atoms with Gasteiger partial charge in [0.25, 0.3) is 0 Å². The number of carbonyl (C=O) groups is 1. The summed E-state index contributed by atoms with van der Waals surface area (Å²) in [5.74, 6) is -0.587. The van der Waals surface area contributed by atoms with Crippen LogP contribution >= 0.6 is 31.9 Å². The normalized spacial score (nSPS) is 13.3. The molecule has 0 spiro atoms. The first kappa shape index (κ1) is 14.5. The van der Waals surface area contributed by atoms with Gasteiger partial charge in [-0.3, -0.25) is 4.79 Å². The molecule has 0 aliphatic carbocycles. The zero-order valence-corrected chi connectivity index (χ0v) is 11.7. The number of ketones is 1. The van der Waals surface area contributed by atoms with Crippen molar-refractivity contribution in [2.75, 3.05) is 0 Å². The second kappa shape index (κ2) is 5.39. The van der Waals surface area contributed by atoms with Crippen LogP contribution in [-0.2, 0) is 4.79 Å². The summed E-state index contributed by atoms with van der Waals surface area (Å²) in [6, 6.07) is 4.09. The van der Waals surface area contributed by atoms with Crippen molar-refractivity contribution in [3.63, 3.8) is 0 Å². The topological polar surface area (TPSA) is 26.3 Å². The summed E-state index contributed by atoms with van der Waals surface area (Å²) in [5, 5.41) is 0. The molecular formula is C10H7Br2F3O2. The minimum Gasteiger partial charge on any atom is -0.405 e. The molecule has 0 radical (unpaired) electrons. The average molecular weight is 376 g/mol. The zero-order valence-electron chi connectivity index (χ0n) is 8.52. The van der Waals surface area contributed by atoms with Crippen molar-refractivity contribution in [2.24, 2.45) is 0 Å². The Kier molecular flexibility index (Phi) is 4.60. The molecule has 0 N–H and O–H groups in total. The Labute approximate surface area is 112 Å². The number of hydrogen-bond donors (Lipinski definition) is 0. The van der Waals surface area contributed by atoms with Gasteiger partial charge in [-0.15, -0.1) is 13.2 Å². The number of Topliss-reactive ketones (excluding diaryl/α,β-unsaturated/α-hetero) is 1. The molecule has 1 aromatic carbocycles. The predicted octanol–water partition coefficient (Wildman–Crippen LogP) is 4.37. The molecule has 7 heteroatoms. The van der Waals surface area contributed by atoms with Crippen LogP contribution in [0.4, 0.5) is 13.2 Å². The minimum atomic E-state index is -4.76. The van der Waals surface area contributed by atoms with Gasteiger partial charge in [0.2, 0.25) is 0 Å². The van der Waals surface area contributed by atoms with Gasteiger partial charge in [0.05, 0.1) is 9.30 Å². The van der Waals surface area contributed by atoms with Crippen LogP contribution in [0.2, 0.25) is 0 Å². The third-order valence-corrected chi connectivity index (χ3v) is 3.84. The summed E-state index contributed by atoms with van der Waals surface area (Å²) >= 11 is 6.09. The van der Waals surface area contributed by atoms with Crippen LogP contribution in [-0.4, -0.2) is 12.1 Å². The highest BCUT2D eigenvalue weighted by Gasteiger charge is 2.32. The Hall–Kier alpha value is -0.560. The maximum atomic E-state index is 12.1. The smallest absolute Gasteiger partial charge is 0.405 e. The highest BCUT2D eigenvalue weighted by molar-refractivity contribution is 9.11. The lowest BCUT2D eigenvalue weighted by Gasteiger charge is -2.14. The first-order chi connectivity index (χ1) is 7.72. The summed E-state index contributed by atoms with van der Waals surface area (Å²) in [6.07, 6.45) is -4.76. The second-order valence-electron chi connectivity index (χ2n) is 3.18. The van der Waals surface area contributed by atoms with E-state index in [1.54, 1.807) is 0 Å². The standard InChI is InChI=1S/C10H7Br2F3O2/c1-5(16)8(11)6-3-2-4-7(9(6)12)17-10(13,14)15/h2-4,8H,1H3. The maximum absolute atomic E-state index is 12.1. The van der Waals surface area contributed by atoms with Gasteiger partial charge in [-0.1, -0.05) is 28.1 Å². The van der Waals surface area contributed by atoms with E-state index >= 15 is 0 Å². The summed E-state index contributed by atoms with van der Waals surface area (Å²) in [7, 11) is 0. The number of carbonyl (C=O) groups excluding carboxylic acids is 1. The Morgan fingerprint density at radius 2 is 2.00 bits per heavy atom. The van der Waals surface area contributed by atoms with Crippen LogP contribution in [0.25, 0.3) is 0 Å². The number of rotatable bonds is 3. The van der Waals surface area contributed by atoms with E-state index in [2.05, 4.69) is 36.6 Å². The third-order valence-electron chi connectivity index (χ3n) is 1.85. The fourth-order valence-electron chi connectivity index (χ4n) is 1.15. The summed E-state index contributed by atoms with van der Waals surface area (Å²) in [6.45, 7) is 1.34.